The van der Waals surface area contributed by atoms with Crippen molar-refractivity contribution in [3.05, 3.63) is 69.7 Å². The number of hydrogen-bond acceptors (Lipinski definition) is 4. The SMILES string of the molecule is CN[C@@H](CNC(=O)c1ccc(C)c(C(OCCN(C)C(=O)O)c2cccc(Cl)c2)c1)CC1CCCCC1. The highest BCUT2D eigenvalue weighted by atomic mass is 35.5. The first-order valence-electron chi connectivity index (χ1n) is 13.2. The number of aryl methyl sites for hydroxylation is 1. The first-order chi connectivity index (χ1) is 17.8. The number of nitrogens with zero attached hydrogens (tertiary/aromatic N) is 1. The third kappa shape index (κ3) is 8.73. The number of rotatable bonds is 12. The highest BCUT2D eigenvalue weighted by Crippen LogP contribution is 2.31. The number of nitrogens with one attached hydrogen (secondary N) is 2. The van der Waals surface area contributed by atoms with Crippen LogP contribution >= 0.6 is 11.6 Å². The Hall–Kier alpha value is -2.61. The van der Waals surface area contributed by atoms with E-state index in [0.29, 0.717) is 17.1 Å². The molecule has 0 bridgehead atoms. The fraction of sp³-hybridized carbons (Fsp3) is 0.517. The van der Waals surface area contributed by atoms with Gasteiger partial charge in [-0.25, -0.2) is 4.79 Å². The van der Waals surface area contributed by atoms with Crippen molar-refractivity contribution < 1.29 is 19.4 Å². The van der Waals surface area contributed by atoms with E-state index >= 15 is 0 Å². The van der Waals surface area contributed by atoms with Crippen LogP contribution in [0.2, 0.25) is 5.02 Å². The second-order valence-electron chi connectivity index (χ2n) is 10.0. The van der Waals surface area contributed by atoms with Crippen LogP contribution in [0.25, 0.3) is 0 Å². The van der Waals surface area contributed by atoms with E-state index in [0.717, 1.165) is 29.0 Å². The van der Waals surface area contributed by atoms with E-state index < -0.39 is 12.2 Å². The van der Waals surface area contributed by atoms with Crippen LogP contribution in [0, 0.1) is 12.8 Å². The fourth-order valence-corrected chi connectivity index (χ4v) is 5.15. The lowest BCUT2D eigenvalue weighted by Gasteiger charge is -2.26. The van der Waals surface area contributed by atoms with Crippen molar-refractivity contribution in [1.82, 2.24) is 15.5 Å². The molecule has 3 N–H and O–H groups in total. The molecule has 1 unspecified atom stereocenters. The lowest BCUT2D eigenvalue weighted by atomic mass is 9.85. The van der Waals surface area contributed by atoms with Crippen LogP contribution in [-0.4, -0.2) is 61.8 Å². The fourth-order valence-electron chi connectivity index (χ4n) is 4.95. The van der Waals surface area contributed by atoms with Crippen molar-refractivity contribution >= 4 is 23.6 Å². The average molecular weight is 530 g/mol. The number of hydrogen-bond donors (Lipinski definition) is 3. The molecule has 2 aromatic rings. The Morgan fingerprint density at radius 3 is 2.59 bits per heavy atom. The van der Waals surface area contributed by atoms with Crippen molar-refractivity contribution in [3.63, 3.8) is 0 Å². The van der Waals surface area contributed by atoms with Gasteiger partial charge in [-0.1, -0.05) is 61.9 Å². The van der Waals surface area contributed by atoms with Gasteiger partial charge in [-0.2, -0.15) is 0 Å². The third-order valence-electron chi connectivity index (χ3n) is 7.27. The molecule has 2 atom stereocenters. The zero-order valence-electron chi connectivity index (χ0n) is 22.1. The van der Waals surface area contributed by atoms with E-state index in [-0.39, 0.29) is 25.1 Å². The van der Waals surface area contributed by atoms with E-state index in [1.54, 1.807) is 6.07 Å². The van der Waals surface area contributed by atoms with Crippen molar-refractivity contribution in [2.45, 2.75) is 57.6 Å². The van der Waals surface area contributed by atoms with Crippen LogP contribution in [0.1, 0.15) is 71.7 Å². The molecule has 3 rings (SSSR count). The molecule has 8 heteroatoms. The molecule has 0 spiro atoms. The molecule has 1 saturated carbocycles. The van der Waals surface area contributed by atoms with E-state index in [1.807, 2.05) is 50.4 Å². The van der Waals surface area contributed by atoms with Crippen LogP contribution < -0.4 is 10.6 Å². The molecule has 202 valence electrons. The maximum absolute atomic E-state index is 13.1. The molecule has 0 radical (unpaired) electrons. The van der Waals surface area contributed by atoms with Crippen LogP contribution in [-0.2, 0) is 4.74 Å². The van der Waals surface area contributed by atoms with E-state index in [4.69, 9.17) is 21.4 Å². The summed E-state index contributed by atoms with van der Waals surface area (Å²) < 4.78 is 6.20. The van der Waals surface area contributed by atoms with Crippen LogP contribution in [0.15, 0.2) is 42.5 Å². The Labute approximate surface area is 225 Å². The summed E-state index contributed by atoms with van der Waals surface area (Å²) in [6.45, 7) is 2.96. The topological polar surface area (TPSA) is 90.9 Å². The van der Waals surface area contributed by atoms with Gasteiger partial charge in [-0.05, 0) is 67.3 Å². The summed E-state index contributed by atoms with van der Waals surface area (Å²) in [5.74, 6) is 0.602. The maximum Gasteiger partial charge on any atom is 0.407 e. The van der Waals surface area contributed by atoms with Gasteiger partial charge in [0.1, 0.15) is 6.10 Å². The molecule has 0 heterocycles. The van der Waals surface area contributed by atoms with E-state index in [2.05, 4.69) is 10.6 Å². The third-order valence-corrected chi connectivity index (χ3v) is 7.51. The quantitative estimate of drug-likeness (QED) is 0.330. The van der Waals surface area contributed by atoms with Crippen LogP contribution in [0.4, 0.5) is 4.79 Å². The first kappa shape index (κ1) is 29.0. The van der Waals surface area contributed by atoms with Crippen LogP contribution in [0.5, 0.6) is 0 Å². The summed E-state index contributed by atoms with van der Waals surface area (Å²) in [5, 5.41) is 16.2. The number of likely N-dealkylation sites (N-methyl/N-ethyl adjacent to an activating group) is 2. The first-order valence-corrected chi connectivity index (χ1v) is 13.5. The number of benzene rings is 2. The van der Waals surface area contributed by atoms with E-state index in [9.17, 15) is 9.59 Å². The highest BCUT2D eigenvalue weighted by molar-refractivity contribution is 6.30. The van der Waals surface area contributed by atoms with Crippen LogP contribution in [0.3, 0.4) is 0 Å². The van der Waals surface area contributed by atoms with Gasteiger partial charge in [0.25, 0.3) is 5.91 Å². The molecular formula is C29H40ClN3O4. The van der Waals surface area contributed by atoms with Crippen molar-refractivity contribution in [2.75, 3.05) is 33.8 Å². The van der Waals surface area contributed by atoms with Gasteiger partial charge in [0, 0.05) is 36.8 Å². The minimum absolute atomic E-state index is 0.124. The van der Waals surface area contributed by atoms with E-state index in [1.165, 1.54) is 44.1 Å². The molecule has 2 amide bonds. The summed E-state index contributed by atoms with van der Waals surface area (Å²) in [6.07, 6.45) is 6.08. The Kier molecular flexibility index (Phi) is 11.2. The monoisotopic (exact) mass is 529 g/mol. The summed E-state index contributed by atoms with van der Waals surface area (Å²) in [4.78, 5) is 25.5. The van der Waals surface area contributed by atoms with Gasteiger partial charge in [0.15, 0.2) is 0 Å². The molecule has 0 saturated heterocycles. The molecule has 1 aliphatic rings. The molecule has 7 nitrogen and oxygen atoms in total. The Morgan fingerprint density at radius 2 is 1.92 bits per heavy atom. The largest absolute Gasteiger partial charge is 0.465 e. The number of carbonyl (C=O) groups excluding carboxylic acids is 1. The summed E-state index contributed by atoms with van der Waals surface area (Å²) in [7, 11) is 3.46. The summed E-state index contributed by atoms with van der Waals surface area (Å²) in [6, 6.07) is 13.3. The van der Waals surface area contributed by atoms with Crippen molar-refractivity contribution in [2.24, 2.45) is 5.92 Å². The summed E-state index contributed by atoms with van der Waals surface area (Å²) in [5.41, 5.74) is 3.22. The summed E-state index contributed by atoms with van der Waals surface area (Å²) >= 11 is 6.27. The van der Waals surface area contributed by atoms with Gasteiger partial charge >= 0.3 is 6.09 Å². The molecule has 1 fully saturated rings. The zero-order chi connectivity index (χ0) is 26.8. The maximum atomic E-state index is 13.1. The second kappa shape index (κ2) is 14.4. The highest BCUT2D eigenvalue weighted by Gasteiger charge is 2.22. The predicted octanol–water partition coefficient (Wildman–Crippen LogP) is 5.65. The average Bonchev–Trinajstić information content (AvgIpc) is 2.89. The Balaban J connectivity index is 1.74. The van der Waals surface area contributed by atoms with Gasteiger partial charge in [0.2, 0.25) is 0 Å². The van der Waals surface area contributed by atoms with Crippen molar-refractivity contribution in [3.8, 4) is 0 Å². The van der Waals surface area contributed by atoms with Crippen molar-refractivity contribution in [1.29, 1.82) is 0 Å². The number of carbonyl (C=O) groups is 2. The molecule has 0 aliphatic heterocycles. The standard InChI is InChI=1S/C29H40ClN3O4/c1-20-12-13-23(28(34)32-19-25(31-2)16-21-8-5-4-6-9-21)18-26(20)27(22-10-7-11-24(30)17-22)37-15-14-33(3)29(35)36/h7,10-13,17-18,21,25,27,31H,4-6,8-9,14-16,19H2,1-3H3,(H,32,34)(H,35,36)/t25-,27?/m1/s1. The lowest BCUT2D eigenvalue weighted by Crippen LogP contribution is -2.40. The normalized spacial score (nSPS) is 15.7. The Morgan fingerprint density at radius 1 is 1.16 bits per heavy atom. The number of halogens is 1. The molecule has 37 heavy (non-hydrogen) atoms. The number of ether oxygens (including phenoxy) is 1. The number of amides is 2. The minimum atomic E-state index is -1.01. The molecule has 2 aromatic carbocycles. The van der Waals surface area contributed by atoms with Gasteiger partial charge in [0.05, 0.1) is 6.61 Å². The molecule has 1 aliphatic carbocycles. The molecule has 0 aromatic heterocycles. The van der Waals surface area contributed by atoms with Gasteiger partial charge < -0.3 is 25.4 Å². The smallest absolute Gasteiger partial charge is 0.407 e. The predicted molar refractivity (Wildman–Crippen MR) is 147 cm³/mol. The minimum Gasteiger partial charge on any atom is -0.465 e. The van der Waals surface area contributed by atoms with Gasteiger partial charge in [-0.3, -0.25) is 4.79 Å². The number of carboxylic acid groups (broad SMARTS) is 1. The van der Waals surface area contributed by atoms with Gasteiger partial charge in [-0.15, -0.1) is 0 Å². The zero-order valence-corrected chi connectivity index (χ0v) is 22.9. The second-order valence-corrected chi connectivity index (χ2v) is 10.5. The Bertz CT molecular complexity index is 1040. The molecular weight excluding hydrogens is 490 g/mol. The lowest BCUT2D eigenvalue weighted by molar-refractivity contribution is 0.0630.